The quantitative estimate of drug-likeness (QED) is 0.229. The van der Waals surface area contributed by atoms with Gasteiger partial charge in [0, 0.05) is 66.9 Å². The molecule has 0 spiro atoms. The number of likely N-dealkylation sites (tertiary alicyclic amines) is 2. The van der Waals surface area contributed by atoms with Crippen molar-refractivity contribution in [1.29, 1.82) is 0 Å². The first-order valence-electron chi connectivity index (χ1n) is 14.6. The minimum absolute atomic E-state index is 0.00605. The Bertz CT molecular complexity index is 1260. The van der Waals surface area contributed by atoms with Gasteiger partial charge in [-0.25, -0.2) is 9.48 Å². The van der Waals surface area contributed by atoms with E-state index in [1.807, 2.05) is 11.8 Å². The third kappa shape index (κ3) is 5.29. The van der Waals surface area contributed by atoms with Gasteiger partial charge in [0.05, 0.1) is 18.0 Å². The summed E-state index contributed by atoms with van der Waals surface area (Å²) in [5.41, 5.74) is 5.95. The van der Waals surface area contributed by atoms with Crippen LogP contribution in [0.15, 0.2) is 16.9 Å². The first kappa shape index (κ1) is 29.0. The van der Waals surface area contributed by atoms with Gasteiger partial charge in [-0.15, -0.1) is 16.9 Å². The lowest BCUT2D eigenvalue weighted by Crippen LogP contribution is -2.66. The largest absolute Gasteiger partial charge is 0.477 e. The summed E-state index contributed by atoms with van der Waals surface area (Å²) in [5.74, 6) is -2.44. The minimum Gasteiger partial charge on any atom is -0.477 e. The Morgan fingerprint density at radius 2 is 2.00 bits per heavy atom. The number of thioether (sulfide) groups is 1. The lowest BCUT2D eigenvalue weighted by molar-refractivity contribution is -0.158. The molecule has 6 heterocycles. The van der Waals surface area contributed by atoms with Crippen LogP contribution in [0.5, 0.6) is 0 Å². The standard InChI is InChI=1S/C26H38N10O5S/c1-13-21-20(14(2)30-19(37)11-35-12-29-31-32-35)25(39)36(21)22(26(40)41)23(13)42-17-7-18(28-8-17)24(38)33-5-3-16(4-6-33)34-9-15(27)10-34/h12-18,20-21,28H,3-11,27H2,1-2H3,(H,30,37)(H,40,41)/t13-,14-,17?,18?,20-,21-/m1/s1. The summed E-state index contributed by atoms with van der Waals surface area (Å²) in [6, 6.07) is -0.387. The van der Waals surface area contributed by atoms with E-state index in [-0.39, 0.29) is 59.3 Å². The summed E-state index contributed by atoms with van der Waals surface area (Å²) in [4.78, 5) is 57.7. The molecule has 6 rings (SSSR count). The van der Waals surface area contributed by atoms with Gasteiger partial charge in [-0.05, 0) is 36.6 Å². The smallest absolute Gasteiger partial charge is 0.353 e. The van der Waals surface area contributed by atoms with Gasteiger partial charge in [0.25, 0.3) is 0 Å². The number of carboxylic acid groups (broad SMARTS) is 1. The first-order chi connectivity index (χ1) is 20.1. The van der Waals surface area contributed by atoms with Crippen molar-refractivity contribution in [2.75, 3.05) is 32.7 Å². The number of rotatable bonds is 9. The molecule has 5 aliphatic rings. The number of aromatic nitrogens is 4. The van der Waals surface area contributed by atoms with Gasteiger partial charge >= 0.3 is 5.97 Å². The van der Waals surface area contributed by atoms with Gasteiger partial charge in [0.1, 0.15) is 18.6 Å². The lowest BCUT2D eigenvalue weighted by atomic mass is 9.78. The molecule has 228 valence electrons. The molecular weight excluding hydrogens is 564 g/mol. The average Bonchev–Trinajstić information content (AvgIpc) is 3.67. The topological polar surface area (TPSA) is 192 Å². The van der Waals surface area contributed by atoms with Gasteiger partial charge in [-0.3, -0.25) is 19.3 Å². The highest BCUT2D eigenvalue weighted by molar-refractivity contribution is 8.03. The van der Waals surface area contributed by atoms with Gasteiger partial charge in [0.15, 0.2) is 0 Å². The number of nitrogens with two attached hydrogens (primary N) is 1. The van der Waals surface area contributed by atoms with Crippen LogP contribution in [0.25, 0.3) is 0 Å². The molecule has 0 aromatic carbocycles. The lowest BCUT2D eigenvalue weighted by Gasteiger charge is -2.47. The molecule has 0 bridgehead atoms. The van der Waals surface area contributed by atoms with Crippen molar-refractivity contribution in [3.8, 4) is 0 Å². The van der Waals surface area contributed by atoms with Crippen molar-refractivity contribution in [3.05, 3.63) is 16.9 Å². The van der Waals surface area contributed by atoms with E-state index in [1.54, 1.807) is 6.92 Å². The van der Waals surface area contributed by atoms with Crippen molar-refractivity contribution in [2.24, 2.45) is 17.6 Å². The molecule has 5 N–H and O–H groups in total. The fourth-order valence-corrected chi connectivity index (χ4v) is 8.64. The number of nitrogens with one attached hydrogen (secondary N) is 2. The molecule has 0 aliphatic carbocycles. The van der Waals surface area contributed by atoms with Crippen LogP contribution in [0, 0.1) is 11.8 Å². The SMILES string of the molecule is C[C@@H](NC(=O)Cn1cnnn1)[C@H]1C(=O)N2C(C(=O)O)=C(SC3CNC(C(=O)N4CCC(N5CC(N)C5)CC4)C3)[C@H](C)[C@H]12. The predicted octanol–water partition coefficient (Wildman–Crippen LogP) is -1.95. The third-order valence-electron chi connectivity index (χ3n) is 9.33. The number of carboxylic acids is 1. The molecule has 0 radical (unpaired) electrons. The van der Waals surface area contributed by atoms with Crippen molar-refractivity contribution in [1.82, 2.24) is 45.5 Å². The number of aliphatic carboxylic acids is 1. The number of hydrogen-bond donors (Lipinski definition) is 4. The highest BCUT2D eigenvalue weighted by Gasteiger charge is 2.60. The van der Waals surface area contributed by atoms with Gasteiger partial charge < -0.3 is 31.3 Å². The highest BCUT2D eigenvalue weighted by Crippen LogP contribution is 2.51. The molecule has 5 aliphatic heterocycles. The molecule has 3 amide bonds. The van der Waals surface area contributed by atoms with E-state index in [2.05, 4.69) is 31.1 Å². The number of nitrogens with zero attached hydrogens (tertiary/aromatic N) is 7. The van der Waals surface area contributed by atoms with Gasteiger partial charge in [-0.1, -0.05) is 6.92 Å². The van der Waals surface area contributed by atoms with E-state index in [1.165, 1.54) is 27.7 Å². The Hall–Kier alpha value is -3.08. The van der Waals surface area contributed by atoms with Gasteiger partial charge in [-0.2, -0.15) is 0 Å². The van der Waals surface area contributed by atoms with Crippen molar-refractivity contribution < 1.29 is 24.3 Å². The van der Waals surface area contributed by atoms with Crippen molar-refractivity contribution in [3.63, 3.8) is 0 Å². The van der Waals surface area contributed by atoms with Crippen LogP contribution < -0.4 is 16.4 Å². The van der Waals surface area contributed by atoms with Crippen molar-refractivity contribution >= 4 is 35.5 Å². The molecule has 1 aromatic heterocycles. The van der Waals surface area contributed by atoms with E-state index < -0.39 is 17.9 Å². The van der Waals surface area contributed by atoms with Crippen LogP contribution in [0.3, 0.4) is 0 Å². The highest BCUT2D eigenvalue weighted by atomic mass is 32.2. The summed E-state index contributed by atoms with van der Waals surface area (Å²) in [7, 11) is 0. The van der Waals surface area contributed by atoms with E-state index >= 15 is 0 Å². The second-order valence-corrected chi connectivity index (χ2v) is 13.4. The van der Waals surface area contributed by atoms with Gasteiger partial charge in [0.2, 0.25) is 17.7 Å². The van der Waals surface area contributed by atoms with Crippen LogP contribution in [0.4, 0.5) is 0 Å². The van der Waals surface area contributed by atoms with E-state index in [0.717, 1.165) is 39.0 Å². The molecule has 4 saturated heterocycles. The first-order valence-corrected chi connectivity index (χ1v) is 15.5. The van der Waals surface area contributed by atoms with E-state index in [0.29, 0.717) is 23.9 Å². The zero-order valence-corrected chi connectivity index (χ0v) is 24.6. The summed E-state index contributed by atoms with van der Waals surface area (Å²) in [6.45, 7) is 7.55. The molecule has 1 aromatic rings. The number of β-lactam (4-membered cyclic amide) rings is 1. The zero-order chi connectivity index (χ0) is 29.7. The molecule has 0 saturated carbocycles. The van der Waals surface area contributed by atoms with E-state index in [4.69, 9.17) is 5.73 Å². The summed E-state index contributed by atoms with van der Waals surface area (Å²) in [5, 5.41) is 27.0. The number of carbonyl (C=O) groups excluding carboxylic acids is 3. The maximum atomic E-state index is 13.3. The number of carbonyl (C=O) groups is 4. The normalized spacial score (nSPS) is 31.1. The zero-order valence-electron chi connectivity index (χ0n) is 23.8. The Balaban J connectivity index is 1.04. The Labute approximate surface area is 247 Å². The molecule has 16 heteroatoms. The average molecular weight is 603 g/mol. The molecule has 2 unspecified atom stereocenters. The number of amides is 3. The third-order valence-corrected chi connectivity index (χ3v) is 10.8. The summed E-state index contributed by atoms with van der Waals surface area (Å²) >= 11 is 1.46. The minimum atomic E-state index is -1.14. The predicted molar refractivity (Wildman–Crippen MR) is 150 cm³/mol. The monoisotopic (exact) mass is 602 g/mol. The number of hydrogen-bond acceptors (Lipinski definition) is 11. The number of tetrazole rings is 1. The summed E-state index contributed by atoms with van der Waals surface area (Å²) in [6.07, 6.45) is 3.84. The fourth-order valence-electron chi connectivity index (χ4n) is 7.17. The van der Waals surface area contributed by atoms with Crippen LogP contribution in [-0.4, -0.2) is 132 Å². The van der Waals surface area contributed by atoms with Crippen molar-refractivity contribution in [2.45, 2.75) is 75.1 Å². The fraction of sp³-hybridized carbons (Fsp3) is 0.731. The van der Waals surface area contributed by atoms with Crippen LogP contribution in [-0.2, 0) is 25.7 Å². The second kappa shape index (κ2) is 11.5. The second-order valence-electron chi connectivity index (χ2n) is 12.1. The molecule has 15 nitrogen and oxygen atoms in total. The number of fused-ring (bicyclic) bond motifs is 1. The van der Waals surface area contributed by atoms with Crippen LogP contribution in [0.2, 0.25) is 0 Å². The Kier molecular flexibility index (Phi) is 7.97. The maximum Gasteiger partial charge on any atom is 0.353 e. The molecular formula is C26H38N10O5S. The van der Waals surface area contributed by atoms with E-state index in [9.17, 15) is 24.3 Å². The summed E-state index contributed by atoms with van der Waals surface area (Å²) < 4.78 is 1.29. The molecule has 4 fully saturated rings. The number of piperidine rings is 1. The Morgan fingerprint density at radius 1 is 1.26 bits per heavy atom. The Morgan fingerprint density at radius 3 is 2.64 bits per heavy atom. The molecule has 42 heavy (non-hydrogen) atoms. The maximum absolute atomic E-state index is 13.3. The van der Waals surface area contributed by atoms with Crippen LogP contribution >= 0.6 is 11.8 Å². The molecule has 6 atom stereocenters. The van der Waals surface area contributed by atoms with Crippen LogP contribution in [0.1, 0.15) is 33.1 Å².